The molecule has 2 N–H and O–H groups in total. The normalized spacial score (nSPS) is 16.4. The Morgan fingerprint density at radius 2 is 2.32 bits per heavy atom. The van der Waals surface area contributed by atoms with E-state index in [0.29, 0.717) is 17.4 Å². The highest BCUT2D eigenvalue weighted by Gasteiger charge is 2.19. The summed E-state index contributed by atoms with van der Waals surface area (Å²) in [5, 5.41) is 11.6. The molecular weight excluding hydrogens is 264 g/mol. The van der Waals surface area contributed by atoms with E-state index in [1.54, 1.807) is 11.4 Å². The fourth-order valence-electron chi connectivity index (χ4n) is 2.13. The minimum absolute atomic E-state index is 0.230. The second-order valence-corrected chi connectivity index (χ2v) is 5.10. The van der Waals surface area contributed by atoms with Gasteiger partial charge in [0, 0.05) is 36.3 Å². The molecule has 19 heavy (non-hydrogen) atoms. The van der Waals surface area contributed by atoms with Crippen LogP contribution in [0, 0.1) is 0 Å². The molecule has 0 aliphatic carbocycles. The standard InChI is InChI=1S/C12H14N4O2S/c17-12(9-3-6-19-16-9)13-11-7-10(14-15-11)8-1-4-18-5-2-8/h3,6-8H,1-2,4-5H2,(H2,13,14,15,17). The number of nitrogens with zero attached hydrogens (tertiary/aromatic N) is 2. The zero-order valence-corrected chi connectivity index (χ0v) is 11.1. The van der Waals surface area contributed by atoms with Crippen LogP contribution in [-0.4, -0.2) is 33.7 Å². The van der Waals surface area contributed by atoms with Crippen LogP contribution in [0.5, 0.6) is 0 Å². The van der Waals surface area contributed by atoms with Crippen LogP contribution in [0.15, 0.2) is 17.5 Å². The third kappa shape index (κ3) is 2.82. The number of carbonyl (C=O) groups excluding carboxylic acids is 1. The van der Waals surface area contributed by atoms with Gasteiger partial charge in [0.05, 0.1) is 0 Å². The summed E-state index contributed by atoms with van der Waals surface area (Å²) in [4.78, 5) is 11.8. The lowest BCUT2D eigenvalue weighted by Gasteiger charge is -2.20. The third-order valence-electron chi connectivity index (χ3n) is 3.17. The number of amides is 1. The Morgan fingerprint density at radius 1 is 1.47 bits per heavy atom. The minimum Gasteiger partial charge on any atom is -0.381 e. The lowest BCUT2D eigenvalue weighted by molar-refractivity contribution is 0.0845. The number of hydrogen-bond donors (Lipinski definition) is 2. The summed E-state index contributed by atoms with van der Waals surface area (Å²) in [5.74, 6) is 0.747. The predicted octanol–water partition coefficient (Wildman–Crippen LogP) is 2.01. The number of aromatic nitrogens is 3. The van der Waals surface area contributed by atoms with Crippen molar-refractivity contribution < 1.29 is 9.53 Å². The van der Waals surface area contributed by atoms with Gasteiger partial charge in [-0.15, -0.1) is 0 Å². The van der Waals surface area contributed by atoms with Crippen molar-refractivity contribution in [3.05, 3.63) is 28.9 Å². The van der Waals surface area contributed by atoms with Gasteiger partial charge in [-0.2, -0.15) is 9.47 Å². The van der Waals surface area contributed by atoms with Crippen LogP contribution in [-0.2, 0) is 4.74 Å². The van der Waals surface area contributed by atoms with E-state index in [-0.39, 0.29) is 5.91 Å². The number of carbonyl (C=O) groups is 1. The summed E-state index contributed by atoms with van der Waals surface area (Å²) in [7, 11) is 0. The Balaban J connectivity index is 1.66. The quantitative estimate of drug-likeness (QED) is 0.900. The molecule has 0 bridgehead atoms. The van der Waals surface area contributed by atoms with Gasteiger partial charge in [0.15, 0.2) is 5.82 Å². The largest absolute Gasteiger partial charge is 0.381 e. The summed E-state index contributed by atoms with van der Waals surface area (Å²) < 4.78 is 9.31. The molecule has 2 aromatic heterocycles. The monoisotopic (exact) mass is 278 g/mol. The highest BCUT2D eigenvalue weighted by atomic mass is 32.1. The number of H-pyrrole nitrogens is 1. The van der Waals surface area contributed by atoms with Crippen LogP contribution in [0.25, 0.3) is 0 Å². The van der Waals surface area contributed by atoms with Gasteiger partial charge in [-0.3, -0.25) is 9.89 Å². The van der Waals surface area contributed by atoms with E-state index in [2.05, 4.69) is 19.9 Å². The Kier molecular flexibility index (Phi) is 3.56. The molecule has 0 spiro atoms. The smallest absolute Gasteiger partial charge is 0.276 e. The summed E-state index contributed by atoms with van der Waals surface area (Å²) >= 11 is 1.25. The summed E-state index contributed by atoms with van der Waals surface area (Å²) in [6, 6.07) is 3.58. The first-order valence-corrected chi connectivity index (χ1v) is 7.01. The number of anilines is 1. The Morgan fingerprint density at radius 3 is 3.05 bits per heavy atom. The maximum absolute atomic E-state index is 11.8. The van der Waals surface area contributed by atoms with E-state index in [9.17, 15) is 4.79 Å². The lowest BCUT2D eigenvalue weighted by Crippen LogP contribution is -2.14. The number of hydrogen-bond acceptors (Lipinski definition) is 5. The minimum atomic E-state index is -0.230. The van der Waals surface area contributed by atoms with E-state index in [0.717, 1.165) is 31.7 Å². The van der Waals surface area contributed by atoms with Crippen molar-refractivity contribution in [2.24, 2.45) is 0 Å². The number of aromatic amines is 1. The Labute approximate surface area is 114 Å². The van der Waals surface area contributed by atoms with Crippen molar-refractivity contribution in [2.45, 2.75) is 18.8 Å². The molecule has 0 unspecified atom stereocenters. The number of ether oxygens (including phenoxy) is 1. The van der Waals surface area contributed by atoms with Crippen molar-refractivity contribution >= 4 is 23.3 Å². The summed E-state index contributed by atoms with van der Waals surface area (Å²) in [6.45, 7) is 1.56. The molecule has 1 aliphatic heterocycles. The molecule has 0 radical (unpaired) electrons. The number of rotatable bonds is 3. The molecule has 1 aliphatic rings. The molecule has 2 aromatic rings. The van der Waals surface area contributed by atoms with Gasteiger partial charge in [-0.05, 0) is 30.4 Å². The van der Waals surface area contributed by atoms with Gasteiger partial charge in [0.2, 0.25) is 0 Å². The molecule has 7 heteroatoms. The fourth-order valence-corrected chi connectivity index (χ4v) is 2.64. The van der Waals surface area contributed by atoms with Gasteiger partial charge in [-0.25, -0.2) is 0 Å². The summed E-state index contributed by atoms with van der Waals surface area (Å²) in [5.41, 5.74) is 1.47. The molecule has 100 valence electrons. The van der Waals surface area contributed by atoms with Gasteiger partial charge in [0.1, 0.15) is 5.69 Å². The van der Waals surface area contributed by atoms with Gasteiger partial charge in [-0.1, -0.05) is 0 Å². The first-order chi connectivity index (χ1) is 9.33. The van der Waals surface area contributed by atoms with Crippen LogP contribution in [0.3, 0.4) is 0 Å². The molecule has 1 saturated heterocycles. The van der Waals surface area contributed by atoms with Gasteiger partial charge >= 0.3 is 0 Å². The van der Waals surface area contributed by atoms with Crippen molar-refractivity contribution in [3.8, 4) is 0 Å². The van der Waals surface area contributed by atoms with E-state index in [1.807, 2.05) is 6.07 Å². The molecule has 0 saturated carbocycles. The van der Waals surface area contributed by atoms with Crippen LogP contribution < -0.4 is 5.32 Å². The van der Waals surface area contributed by atoms with Crippen molar-refractivity contribution in [2.75, 3.05) is 18.5 Å². The van der Waals surface area contributed by atoms with E-state index in [1.165, 1.54) is 11.5 Å². The van der Waals surface area contributed by atoms with Crippen molar-refractivity contribution in [1.82, 2.24) is 14.6 Å². The average Bonchev–Trinajstić information content (AvgIpc) is 3.11. The topological polar surface area (TPSA) is 79.9 Å². The molecule has 3 heterocycles. The Hall–Kier alpha value is -1.73. The molecule has 0 atom stereocenters. The first-order valence-electron chi connectivity index (χ1n) is 6.18. The maximum atomic E-state index is 11.8. The zero-order chi connectivity index (χ0) is 13.1. The second kappa shape index (κ2) is 5.50. The summed E-state index contributed by atoms with van der Waals surface area (Å²) in [6.07, 6.45) is 1.98. The molecule has 1 fully saturated rings. The van der Waals surface area contributed by atoms with Gasteiger partial charge in [0.25, 0.3) is 5.91 Å². The van der Waals surface area contributed by atoms with E-state index in [4.69, 9.17) is 4.74 Å². The second-order valence-electron chi connectivity index (χ2n) is 4.43. The van der Waals surface area contributed by atoms with Crippen LogP contribution in [0.2, 0.25) is 0 Å². The van der Waals surface area contributed by atoms with Crippen LogP contribution in [0.1, 0.15) is 34.9 Å². The Bertz CT molecular complexity index is 546. The third-order valence-corrected chi connectivity index (χ3v) is 3.73. The lowest BCUT2D eigenvalue weighted by atomic mass is 9.97. The molecule has 3 rings (SSSR count). The maximum Gasteiger partial charge on any atom is 0.276 e. The molecule has 1 amide bonds. The predicted molar refractivity (Wildman–Crippen MR) is 71.4 cm³/mol. The molecule has 6 nitrogen and oxygen atoms in total. The SMILES string of the molecule is O=C(Nc1cc(C2CCOCC2)[nH]n1)c1ccsn1. The fraction of sp³-hybridized carbons (Fsp3) is 0.417. The van der Waals surface area contributed by atoms with Crippen molar-refractivity contribution in [1.29, 1.82) is 0 Å². The van der Waals surface area contributed by atoms with Crippen LogP contribution in [0.4, 0.5) is 5.82 Å². The van der Waals surface area contributed by atoms with E-state index < -0.39 is 0 Å². The average molecular weight is 278 g/mol. The van der Waals surface area contributed by atoms with Gasteiger partial charge < -0.3 is 10.1 Å². The van der Waals surface area contributed by atoms with Crippen LogP contribution >= 0.6 is 11.5 Å². The molecular formula is C12H14N4O2S. The highest BCUT2D eigenvalue weighted by Crippen LogP contribution is 2.26. The highest BCUT2D eigenvalue weighted by molar-refractivity contribution is 7.03. The van der Waals surface area contributed by atoms with Crippen molar-refractivity contribution in [3.63, 3.8) is 0 Å². The molecule has 0 aromatic carbocycles. The first kappa shape index (κ1) is 12.3. The number of nitrogens with one attached hydrogen (secondary N) is 2. The van der Waals surface area contributed by atoms with E-state index >= 15 is 0 Å². The zero-order valence-electron chi connectivity index (χ0n) is 10.3.